The zero-order chi connectivity index (χ0) is 17.7. The van der Waals surface area contributed by atoms with Gasteiger partial charge in [0.1, 0.15) is 11.3 Å². The number of aryl methyl sites for hydroxylation is 1. The highest BCUT2D eigenvalue weighted by Crippen LogP contribution is 2.29. The van der Waals surface area contributed by atoms with Crippen molar-refractivity contribution in [1.82, 2.24) is 10.6 Å². The van der Waals surface area contributed by atoms with E-state index in [9.17, 15) is 9.59 Å². The monoisotopic (exact) mass is 330 g/mol. The average Bonchev–Trinajstić information content (AvgIpc) is 2.84. The van der Waals surface area contributed by atoms with Crippen molar-refractivity contribution in [3.8, 4) is 0 Å². The number of nitrogens with one attached hydrogen (secondary N) is 2. The van der Waals surface area contributed by atoms with Crippen LogP contribution in [0.3, 0.4) is 0 Å². The van der Waals surface area contributed by atoms with E-state index in [1.165, 1.54) is 0 Å². The molecule has 1 heterocycles. The number of amides is 2. The van der Waals surface area contributed by atoms with E-state index in [4.69, 9.17) is 4.42 Å². The molecular formula is C19H26N2O3. The van der Waals surface area contributed by atoms with E-state index >= 15 is 0 Å². The van der Waals surface area contributed by atoms with Gasteiger partial charge in [-0.1, -0.05) is 32.0 Å². The van der Waals surface area contributed by atoms with Crippen molar-refractivity contribution in [2.45, 2.75) is 46.6 Å². The summed E-state index contributed by atoms with van der Waals surface area (Å²) >= 11 is 0. The van der Waals surface area contributed by atoms with Gasteiger partial charge in [-0.2, -0.15) is 0 Å². The van der Waals surface area contributed by atoms with Crippen LogP contribution in [-0.2, 0) is 9.59 Å². The Morgan fingerprint density at radius 3 is 2.50 bits per heavy atom. The number of benzene rings is 1. The van der Waals surface area contributed by atoms with Crippen molar-refractivity contribution in [2.75, 3.05) is 6.54 Å². The highest BCUT2D eigenvalue weighted by atomic mass is 16.3. The van der Waals surface area contributed by atoms with Crippen LogP contribution in [0.15, 0.2) is 28.7 Å². The summed E-state index contributed by atoms with van der Waals surface area (Å²) < 4.78 is 5.86. The van der Waals surface area contributed by atoms with Gasteiger partial charge in [-0.25, -0.2) is 0 Å². The minimum atomic E-state index is -0.212. The maximum atomic E-state index is 12.1. The van der Waals surface area contributed by atoms with Gasteiger partial charge in [0.05, 0.1) is 6.04 Å². The van der Waals surface area contributed by atoms with Crippen LogP contribution >= 0.6 is 0 Å². The van der Waals surface area contributed by atoms with E-state index in [0.717, 1.165) is 22.3 Å². The van der Waals surface area contributed by atoms with Crippen molar-refractivity contribution >= 4 is 22.8 Å². The maximum absolute atomic E-state index is 12.1. The molecule has 130 valence electrons. The van der Waals surface area contributed by atoms with Gasteiger partial charge >= 0.3 is 0 Å². The Morgan fingerprint density at radius 1 is 1.12 bits per heavy atom. The summed E-state index contributed by atoms with van der Waals surface area (Å²) in [6.45, 7) is 8.23. The first-order chi connectivity index (χ1) is 11.4. The number of para-hydroxylation sites is 1. The van der Waals surface area contributed by atoms with Gasteiger partial charge in [0, 0.05) is 30.3 Å². The molecule has 0 aliphatic carbocycles. The molecule has 0 aliphatic heterocycles. The molecule has 2 amide bonds. The molecule has 2 N–H and O–H groups in total. The summed E-state index contributed by atoms with van der Waals surface area (Å²) in [6.07, 6.45) is 0.740. The molecule has 0 aliphatic rings. The van der Waals surface area contributed by atoms with Gasteiger partial charge in [-0.15, -0.1) is 0 Å². The Hall–Kier alpha value is -2.30. The predicted molar refractivity (Wildman–Crippen MR) is 94.6 cm³/mol. The first kappa shape index (κ1) is 18.0. The van der Waals surface area contributed by atoms with E-state index in [1.807, 2.05) is 52.0 Å². The molecule has 0 saturated carbocycles. The van der Waals surface area contributed by atoms with Crippen LogP contribution in [0.5, 0.6) is 0 Å². The Labute approximate surface area is 142 Å². The summed E-state index contributed by atoms with van der Waals surface area (Å²) in [7, 11) is 0. The smallest absolute Gasteiger partial charge is 0.222 e. The zero-order valence-corrected chi connectivity index (χ0v) is 14.8. The van der Waals surface area contributed by atoms with Crippen molar-refractivity contribution < 1.29 is 14.0 Å². The summed E-state index contributed by atoms with van der Waals surface area (Å²) in [5.41, 5.74) is 1.87. The fourth-order valence-corrected chi connectivity index (χ4v) is 2.74. The standard InChI is InChI=1S/C19H26N2O3/c1-12(2)11-18(23)20-10-9-17(22)21-14(4)19-13(3)15-7-5-6-8-16(15)24-19/h5-8,12,14H,9-11H2,1-4H3,(H,20,23)(H,21,22)/t14-/m0/s1. The maximum Gasteiger partial charge on any atom is 0.222 e. The van der Waals surface area contributed by atoms with E-state index in [2.05, 4.69) is 10.6 Å². The Bertz CT molecular complexity index is 718. The lowest BCUT2D eigenvalue weighted by molar-refractivity contribution is -0.123. The highest BCUT2D eigenvalue weighted by molar-refractivity contribution is 5.83. The molecule has 0 spiro atoms. The first-order valence-electron chi connectivity index (χ1n) is 8.42. The molecule has 0 fully saturated rings. The minimum Gasteiger partial charge on any atom is -0.459 e. The summed E-state index contributed by atoms with van der Waals surface area (Å²) in [5.74, 6) is 0.967. The van der Waals surface area contributed by atoms with Crippen LogP contribution in [0, 0.1) is 12.8 Å². The molecule has 24 heavy (non-hydrogen) atoms. The number of hydrogen-bond acceptors (Lipinski definition) is 3. The molecule has 5 heteroatoms. The SMILES string of the molecule is Cc1c([C@H](C)NC(=O)CCNC(=O)CC(C)C)oc2ccccc12. The van der Waals surface area contributed by atoms with Gasteiger partial charge in [0.2, 0.25) is 11.8 Å². The Kier molecular flexibility index (Phi) is 6.01. The second-order valence-electron chi connectivity index (χ2n) is 6.57. The third-order valence-electron chi connectivity index (χ3n) is 3.92. The van der Waals surface area contributed by atoms with Gasteiger partial charge in [-0.05, 0) is 25.8 Å². The third kappa shape index (κ3) is 4.60. The van der Waals surface area contributed by atoms with Crippen LogP contribution in [-0.4, -0.2) is 18.4 Å². The quantitative estimate of drug-likeness (QED) is 0.816. The molecule has 0 radical (unpaired) electrons. The molecule has 1 aromatic carbocycles. The summed E-state index contributed by atoms with van der Waals surface area (Å²) in [6, 6.07) is 7.62. The van der Waals surface area contributed by atoms with Crippen LogP contribution in [0.1, 0.15) is 51.0 Å². The summed E-state index contributed by atoms with van der Waals surface area (Å²) in [5, 5.41) is 6.76. The fraction of sp³-hybridized carbons (Fsp3) is 0.474. The van der Waals surface area contributed by atoms with Crippen LogP contribution < -0.4 is 10.6 Å². The Morgan fingerprint density at radius 2 is 1.83 bits per heavy atom. The van der Waals surface area contributed by atoms with Crippen molar-refractivity contribution in [2.24, 2.45) is 5.92 Å². The fourth-order valence-electron chi connectivity index (χ4n) is 2.74. The second-order valence-corrected chi connectivity index (χ2v) is 6.57. The molecule has 2 aromatic rings. The summed E-state index contributed by atoms with van der Waals surface area (Å²) in [4.78, 5) is 23.6. The van der Waals surface area contributed by atoms with E-state index in [0.29, 0.717) is 18.9 Å². The first-order valence-corrected chi connectivity index (χ1v) is 8.42. The molecule has 0 saturated heterocycles. The predicted octanol–water partition coefficient (Wildman–Crippen LogP) is 3.47. The average molecular weight is 330 g/mol. The number of rotatable bonds is 7. The molecule has 5 nitrogen and oxygen atoms in total. The van der Waals surface area contributed by atoms with Crippen molar-refractivity contribution in [1.29, 1.82) is 0 Å². The van der Waals surface area contributed by atoms with Crippen LogP contribution in [0.4, 0.5) is 0 Å². The normalized spacial score (nSPS) is 12.4. The number of furan rings is 1. The van der Waals surface area contributed by atoms with E-state index in [-0.39, 0.29) is 24.3 Å². The zero-order valence-electron chi connectivity index (χ0n) is 14.8. The third-order valence-corrected chi connectivity index (χ3v) is 3.92. The molecule has 1 atom stereocenters. The Balaban J connectivity index is 1.87. The number of hydrogen-bond donors (Lipinski definition) is 2. The lowest BCUT2D eigenvalue weighted by Crippen LogP contribution is -2.32. The van der Waals surface area contributed by atoms with E-state index < -0.39 is 0 Å². The molecule has 2 rings (SSSR count). The van der Waals surface area contributed by atoms with Crippen molar-refractivity contribution in [3.63, 3.8) is 0 Å². The van der Waals surface area contributed by atoms with Gasteiger partial charge in [-0.3, -0.25) is 9.59 Å². The van der Waals surface area contributed by atoms with Crippen molar-refractivity contribution in [3.05, 3.63) is 35.6 Å². The number of fused-ring (bicyclic) bond motifs is 1. The molecule has 0 bridgehead atoms. The van der Waals surface area contributed by atoms with Gasteiger partial charge in [0.15, 0.2) is 0 Å². The highest BCUT2D eigenvalue weighted by Gasteiger charge is 2.18. The molecule has 0 unspecified atom stereocenters. The molecule has 1 aromatic heterocycles. The van der Waals surface area contributed by atoms with Gasteiger partial charge in [0.25, 0.3) is 0 Å². The number of carbonyl (C=O) groups is 2. The van der Waals surface area contributed by atoms with Crippen LogP contribution in [0.25, 0.3) is 11.0 Å². The largest absolute Gasteiger partial charge is 0.459 e. The lowest BCUT2D eigenvalue weighted by Gasteiger charge is -2.13. The van der Waals surface area contributed by atoms with Gasteiger partial charge < -0.3 is 15.1 Å². The minimum absolute atomic E-state index is 0.0148. The van der Waals surface area contributed by atoms with Crippen LogP contribution in [0.2, 0.25) is 0 Å². The topological polar surface area (TPSA) is 71.3 Å². The lowest BCUT2D eigenvalue weighted by atomic mass is 10.1. The molecular weight excluding hydrogens is 304 g/mol. The number of carbonyl (C=O) groups excluding carboxylic acids is 2. The van der Waals surface area contributed by atoms with E-state index in [1.54, 1.807) is 0 Å². The second kappa shape index (κ2) is 7.99.